The van der Waals surface area contributed by atoms with Gasteiger partial charge in [0.25, 0.3) is 0 Å². The highest BCUT2D eigenvalue weighted by Crippen LogP contribution is 2.35. The standard InChI is InChI=1S/C16H16FN/c1-11-13(7-3-9-15(11)17)14-8-2-5-12-6-4-10-18-16(12)14/h2-3,5,7-9,18H,4,6,10H2,1H3. The predicted molar refractivity (Wildman–Crippen MR) is 73.4 cm³/mol. The van der Waals surface area contributed by atoms with Crippen LogP contribution in [-0.2, 0) is 6.42 Å². The molecule has 2 aromatic rings. The van der Waals surface area contributed by atoms with Gasteiger partial charge in [0.15, 0.2) is 0 Å². The summed E-state index contributed by atoms with van der Waals surface area (Å²) in [6, 6.07) is 11.6. The summed E-state index contributed by atoms with van der Waals surface area (Å²) < 4.78 is 13.7. The Morgan fingerprint density at radius 1 is 1.06 bits per heavy atom. The van der Waals surface area contributed by atoms with Crippen LogP contribution < -0.4 is 5.32 Å². The molecule has 1 aliphatic heterocycles. The van der Waals surface area contributed by atoms with Crippen LogP contribution in [0.1, 0.15) is 17.5 Å². The fraction of sp³-hybridized carbons (Fsp3) is 0.250. The van der Waals surface area contributed by atoms with Crippen LogP contribution in [0.15, 0.2) is 36.4 Å². The van der Waals surface area contributed by atoms with Gasteiger partial charge in [-0.05, 0) is 42.5 Å². The molecule has 0 fully saturated rings. The van der Waals surface area contributed by atoms with Gasteiger partial charge in [0, 0.05) is 17.8 Å². The molecule has 3 rings (SSSR count). The molecule has 0 spiro atoms. The van der Waals surface area contributed by atoms with Crippen LogP contribution in [0.25, 0.3) is 11.1 Å². The third-order valence-corrected chi connectivity index (χ3v) is 3.63. The fourth-order valence-corrected chi connectivity index (χ4v) is 2.63. The maximum atomic E-state index is 13.7. The maximum absolute atomic E-state index is 13.7. The topological polar surface area (TPSA) is 12.0 Å². The van der Waals surface area contributed by atoms with Crippen molar-refractivity contribution in [2.24, 2.45) is 0 Å². The summed E-state index contributed by atoms with van der Waals surface area (Å²) in [6.45, 7) is 2.84. The number of hydrogen-bond donors (Lipinski definition) is 1. The van der Waals surface area contributed by atoms with Crippen molar-refractivity contribution in [3.63, 3.8) is 0 Å². The van der Waals surface area contributed by atoms with Crippen molar-refractivity contribution in [3.8, 4) is 11.1 Å². The number of hydrogen-bond acceptors (Lipinski definition) is 1. The van der Waals surface area contributed by atoms with Crippen LogP contribution in [0.4, 0.5) is 10.1 Å². The molecule has 0 radical (unpaired) electrons. The number of aryl methyl sites for hydroxylation is 1. The molecule has 0 aromatic heterocycles. The molecule has 0 bridgehead atoms. The van der Waals surface area contributed by atoms with Crippen molar-refractivity contribution in [1.82, 2.24) is 0 Å². The third kappa shape index (κ3) is 1.78. The van der Waals surface area contributed by atoms with Crippen molar-refractivity contribution in [3.05, 3.63) is 53.3 Å². The highest BCUT2D eigenvalue weighted by molar-refractivity contribution is 5.82. The lowest BCUT2D eigenvalue weighted by Crippen LogP contribution is -2.12. The van der Waals surface area contributed by atoms with E-state index in [0.717, 1.165) is 29.7 Å². The number of nitrogens with one attached hydrogen (secondary N) is 1. The van der Waals surface area contributed by atoms with E-state index >= 15 is 0 Å². The van der Waals surface area contributed by atoms with E-state index in [1.807, 2.05) is 13.0 Å². The summed E-state index contributed by atoms with van der Waals surface area (Å²) in [5.74, 6) is -0.138. The van der Waals surface area contributed by atoms with Gasteiger partial charge >= 0.3 is 0 Å². The van der Waals surface area contributed by atoms with Crippen LogP contribution in [0.2, 0.25) is 0 Å². The number of rotatable bonds is 1. The first-order valence-corrected chi connectivity index (χ1v) is 6.38. The van der Waals surface area contributed by atoms with Crippen LogP contribution in [0.5, 0.6) is 0 Å². The summed E-state index contributed by atoms with van der Waals surface area (Å²) in [7, 11) is 0. The minimum absolute atomic E-state index is 0.138. The van der Waals surface area contributed by atoms with Crippen LogP contribution in [0, 0.1) is 12.7 Å². The summed E-state index contributed by atoms with van der Waals surface area (Å²) in [5, 5.41) is 3.45. The monoisotopic (exact) mass is 241 g/mol. The molecule has 2 aromatic carbocycles. The van der Waals surface area contributed by atoms with E-state index in [2.05, 4.69) is 23.5 Å². The van der Waals surface area contributed by atoms with E-state index in [-0.39, 0.29) is 5.82 Å². The Morgan fingerprint density at radius 3 is 2.72 bits per heavy atom. The zero-order chi connectivity index (χ0) is 12.5. The van der Waals surface area contributed by atoms with Crippen molar-refractivity contribution < 1.29 is 4.39 Å². The molecule has 0 atom stereocenters. The van der Waals surface area contributed by atoms with Gasteiger partial charge in [-0.15, -0.1) is 0 Å². The molecule has 1 heterocycles. The Kier molecular flexibility index (Phi) is 2.78. The second-order valence-electron chi connectivity index (χ2n) is 4.78. The molecular formula is C16H16FN. The highest BCUT2D eigenvalue weighted by Gasteiger charge is 2.15. The predicted octanol–water partition coefficient (Wildman–Crippen LogP) is 4.16. The molecule has 18 heavy (non-hydrogen) atoms. The van der Waals surface area contributed by atoms with Crippen molar-refractivity contribution in [2.45, 2.75) is 19.8 Å². The Morgan fingerprint density at radius 2 is 1.83 bits per heavy atom. The smallest absolute Gasteiger partial charge is 0.126 e. The second kappa shape index (κ2) is 4.45. The zero-order valence-electron chi connectivity index (χ0n) is 10.5. The summed E-state index contributed by atoms with van der Waals surface area (Å²) >= 11 is 0. The maximum Gasteiger partial charge on any atom is 0.126 e. The van der Waals surface area contributed by atoms with Gasteiger partial charge < -0.3 is 5.32 Å². The van der Waals surface area contributed by atoms with Gasteiger partial charge in [0.05, 0.1) is 0 Å². The minimum Gasteiger partial charge on any atom is -0.384 e. The Labute approximate surface area is 107 Å². The van der Waals surface area contributed by atoms with Crippen molar-refractivity contribution in [2.75, 3.05) is 11.9 Å². The summed E-state index contributed by atoms with van der Waals surface area (Å²) in [4.78, 5) is 0. The third-order valence-electron chi connectivity index (χ3n) is 3.63. The molecule has 92 valence electrons. The number of para-hydroxylation sites is 1. The molecule has 0 amide bonds. The van der Waals surface area contributed by atoms with Crippen molar-refractivity contribution in [1.29, 1.82) is 0 Å². The molecule has 1 N–H and O–H groups in total. The van der Waals surface area contributed by atoms with Gasteiger partial charge in [-0.25, -0.2) is 4.39 Å². The number of fused-ring (bicyclic) bond motifs is 1. The largest absolute Gasteiger partial charge is 0.384 e. The van der Waals surface area contributed by atoms with E-state index in [1.54, 1.807) is 6.07 Å². The Bertz CT molecular complexity index is 590. The van der Waals surface area contributed by atoms with Crippen molar-refractivity contribution >= 4 is 5.69 Å². The van der Waals surface area contributed by atoms with Gasteiger partial charge in [-0.3, -0.25) is 0 Å². The van der Waals surface area contributed by atoms with Gasteiger partial charge in [-0.1, -0.05) is 30.3 Å². The molecule has 1 aliphatic rings. The molecule has 0 unspecified atom stereocenters. The highest BCUT2D eigenvalue weighted by atomic mass is 19.1. The van der Waals surface area contributed by atoms with E-state index in [4.69, 9.17) is 0 Å². The second-order valence-corrected chi connectivity index (χ2v) is 4.78. The van der Waals surface area contributed by atoms with E-state index in [9.17, 15) is 4.39 Å². The summed E-state index contributed by atoms with van der Waals surface area (Å²) in [6.07, 6.45) is 2.27. The van der Waals surface area contributed by atoms with E-state index < -0.39 is 0 Å². The molecular weight excluding hydrogens is 225 g/mol. The van der Waals surface area contributed by atoms with E-state index in [1.165, 1.54) is 23.7 Å². The first kappa shape index (κ1) is 11.3. The van der Waals surface area contributed by atoms with Crippen LogP contribution >= 0.6 is 0 Å². The first-order valence-electron chi connectivity index (χ1n) is 6.38. The Hall–Kier alpha value is -1.83. The van der Waals surface area contributed by atoms with Gasteiger partial charge in [0.1, 0.15) is 5.82 Å². The van der Waals surface area contributed by atoms with Gasteiger partial charge in [-0.2, -0.15) is 0 Å². The quantitative estimate of drug-likeness (QED) is 0.790. The Balaban J connectivity index is 2.20. The number of benzene rings is 2. The van der Waals surface area contributed by atoms with E-state index in [0.29, 0.717) is 0 Å². The average Bonchev–Trinajstić information content (AvgIpc) is 2.41. The zero-order valence-corrected chi connectivity index (χ0v) is 10.5. The SMILES string of the molecule is Cc1c(F)cccc1-c1cccc2c1NCCC2. The lowest BCUT2D eigenvalue weighted by atomic mass is 9.93. The first-order chi connectivity index (χ1) is 8.77. The van der Waals surface area contributed by atoms with Crippen LogP contribution in [0.3, 0.4) is 0 Å². The number of halogens is 1. The number of anilines is 1. The normalized spacial score (nSPS) is 13.9. The summed E-state index contributed by atoms with van der Waals surface area (Å²) in [5.41, 5.74) is 5.34. The molecule has 2 heteroatoms. The lowest BCUT2D eigenvalue weighted by Gasteiger charge is -2.22. The fourth-order valence-electron chi connectivity index (χ4n) is 2.63. The lowest BCUT2D eigenvalue weighted by molar-refractivity contribution is 0.619. The average molecular weight is 241 g/mol. The molecule has 0 aliphatic carbocycles. The molecule has 0 saturated carbocycles. The van der Waals surface area contributed by atoms with Gasteiger partial charge in [0.2, 0.25) is 0 Å². The van der Waals surface area contributed by atoms with Crippen LogP contribution in [-0.4, -0.2) is 6.54 Å². The molecule has 1 nitrogen and oxygen atoms in total. The molecule has 0 saturated heterocycles. The minimum atomic E-state index is -0.138.